The number of fused-ring (bicyclic) bond motifs is 1. The minimum absolute atomic E-state index is 0.241. The van der Waals surface area contributed by atoms with Crippen LogP contribution < -0.4 is 9.64 Å². The molecule has 2 saturated heterocycles. The molecule has 0 saturated carbocycles. The number of hydrogen-bond donors (Lipinski definition) is 0. The number of likely N-dealkylation sites (tertiary alicyclic amines) is 1. The number of carbonyl (C=O) groups is 1. The van der Waals surface area contributed by atoms with Crippen LogP contribution in [-0.2, 0) is 4.79 Å². The number of ether oxygens (including phenoxy) is 1. The first-order chi connectivity index (χ1) is 10.2. The minimum atomic E-state index is -2.51. The number of alkyl halides is 2. The van der Waals surface area contributed by atoms with E-state index < -0.39 is 13.0 Å². The van der Waals surface area contributed by atoms with Gasteiger partial charge in [-0.2, -0.15) is 0 Å². The molecule has 3 rings (SSSR count). The van der Waals surface area contributed by atoms with E-state index in [1.54, 1.807) is 4.90 Å². The zero-order valence-electron chi connectivity index (χ0n) is 11.4. The van der Waals surface area contributed by atoms with Crippen LogP contribution in [0.1, 0.15) is 0 Å². The fourth-order valence-corrected chi connectivity index (χ4v) is 2.99. The summed E-state index contributed by atoms with van der Waals surface area (Å²) in [7, 11) is 0. The zero-order chi connectivity index (χ0) is 14.8. The van der Waals surface area contributed by atoms with E-state index in [2.05, 4.69) is 14.9 Å². The number of nitrogens with zero attached hydrogens (tertiary/aromatic N) is 4. The van der Waals surface area contributed by atoms with Gasteiger partial charge in [-0.25, -0.2) is 18.7 Å². The van der Waals surface area contributed by atoms with Crippen LogP contribution in [0, 0.1) is 11.8 Å². The molecule has 2 aliphatic rings. The zero-order valence-corrected chi connectivity index (χ0v) is 11.4. The Morgan fingerprint density at radius 3 is 2.38 bits per heavy atom. The highest BCUT2D eigenvalue weighted by Gasteiger charge is 2.40. The lowest BCUT2D eigenvalue weighted by atomic mass is 10.0. The number of hydrogen-bond acceptors (Lipinski definition) is 5. The molecule has 8 heteroatoms. The fraction of sp³-hybridized carbons (Fsp3) is 0.615. The van der Waals surface area contributed by atoms with Gasteiger partial charge in [0, 0.05) is 38.0 Å². The average molecular weight is 298 g/mol. The lowest BCUT2D eigenvalue weighted by molar-refractivity contribution is -0.117. The predicted octanol–water partition coefficient (Wildman–Crippen LogP) is 0.645. The van der Waals surface area contributed by atoms with Crippen LogP contribution in [0.3, 0.4) is 0 Å². The van der Waals surface area contributed by atoms with Gasteiger partial charge in [0.2, 0.25) is 12.4 Å². The summed E-state index contributed by atoms with van der Waals surface area (Å²) in [6.07, 6.45) is 1.21. The summed E-state index contributed by atoms with van der Waals surface area (Å²) in [6.45, 7) is 2.52. The number of anilines is 1. The van der Waals surface area contributed by atoms with Gasteiger partial charge in [-0.1, -0.05) is 0 Å². The van der Waals surface area contributed by atoms with Crippen molar-refractivity contribution in [1.29, 1.82) is 0 Å². The molecule has 0 radical (unpaired) electrons. The Labute approximate surface area is 120 Å². The Balaban J connectivity index is 1.58. The van der Waals surface area contributed by atoms with Crippen LogP contribution in [0.2, 0.25) is 0 Å². The third-order valence-electron chi connectivity index (χ3n) is 3.94. The lowest BCUT2D eigenvalue weighted by Gasteiger charge is -2.19. The monoisotopic (exact) mass is 298 g/mol. The van der Waals surface area contributed by atoms with Gasteiger partial charge in [0.1, 0.15) is 6.61 Å². The van der Waals surface area contributed by atoms with Crippen LogP contribution >= 0.6 is 0 Å². The molecular formula is C13H16F2N4O2. The van der Waals surface area contributed by atoms with E-state index in [1.165, 1.54) is 12.4 Å². The van der Waals surface area contributed by atoms with Crippen LogP contribution in [0.5, 0.6) is 5.75 Å². The highest BCUT2D eigenvalue weighted by atomic mass is 19.3. The second-order valence-electron chi connectivity index (χ2n) is 5.41. The minimum Gasteiger partial charge on any atom is -0.484 e. The standard InChI is InChI=1S/C13H16F2N4O2/c14-12(15)7-21-11-1-16-13(17-2-11)19-5-9-3-18(8-20)4-10(9)6-19/h1-2,8-10,12H,3-7H2. The Morgan fingerprint density at radius 1 is 1.24 bits per heavy atom. The van der Waals surface area contributed by atoms with E-state index in [9.17, 15) is 13.6 Å². The molecule has 0 spiro atoms. The quantitative estimate of drug-likeness (QED) is 0.747. The molecule has 114 valence electrons. The fourth-order valence-electron chi connectivity index (χ4n) is 2.99. The molecule has 21 heavy (non-hydrogen) atoms. The average Bonchev–Trinajstić information content (AvgIpc) is 3.03. The molecule has 2 aliphatic heterocycles. The molecule has 0 bridgehead atoms. The van der Waals surface area contributed by atoms with E-state index >= 15 is 0 Å². The third-order valence-corrected chi connectivity index (χ3v) is 3.94. The van der Waals surface area contributed by atoms with E-state index in [0.29, 0.717) is 17.8 Å². The second kappa shape index (κ2) is 5.79. The molecule has 0 N–H and O–H groups in total. The number of halogens is 2. The van der Waals surface area contributed by atoms with Gasteiger partial charge in [-0.05, 0) is 0 Å². The number of amides is 1. The molecular weight excluding hydrogens is 282 g/mol. The van der Waals surface area contributed by atoms with Crippen molar-refractivity contribution in [3.8, 4) is 5.75 Å². The first-order valence-electron chi connectivity index (χ1n) is 6.83. The van der Waals surface area contributed by atoms with Crippen LogP contribution in [0.15, 0.2) is 12.4 Å². The van der Waals surface area contributed by atoms with Crippen molar-refractivity contribution in [3.05, 3.63) is 12.4 Å². The van der Waals surface area contributed by atoms with Crippen molar-refractivity contribution in [2.24, 2.45) is 11.8 Å². The summed E-state index contributed by atoms with van der Waals surface area (Å²) in [5.74, 6) is 1.72. The topological polar surface area (TPSA) is 58.6 Å². The maximum atomic E-state index is 12.0. The Morgan fingerprint density at radius 2 is 1.86 bits per heavy atom. The van der Waals surface area contributed by atoms with Crippen LogP contribution in [0.25, 0.3) is 0 Å². The molecule has 1 aromatic rings. The van der Waals surface area contributed by atoms with Gasteiger partial charge in [0.15, 0.2) is 5.75 Å². The summed E-state index contributed by atoms with van der Waals surface area (Å²) in [5, 5.41) is 0. The van der Waals surface area contributed by atoms with Gasteiger partial charge >= 0.3 is 0 Å². The highest BCUT2D eigenvalue weighted by Crippen LogP contribution is 2.32. The van der Waals surface area contributed by atoms with E-state index in [4.69, 9.17) is 4.74 Å². The van der Waals surface area contributed by atoms with Gasteiger partial charge < -0.3 is 14.5 Å². The third kappa shape index (κ3) is 3.03. The van der Waals surface area contributed by atoms with Crippen molar-refractivity contribution >= 4 is 12.4 Å². The normalized spacial score (nSPS) is 24.5. The predicted molar refractivity (Wildman–Crippen MR) is 70.4 cm³/mol. The van der Waals surface area contributed by atoms with Gasteiger partial charge in [0.05, 0.1) is 12.4 Å². The smallest absolute Gasteiger partial charge is 0.272 e. The molecule has 2 atom stereocenters. The summed E-state index contributed by atoms with van der Waals surface area (Å²) >= 11 is 0. The van der Waals surface area contributed by atoms with E-state index in [0.717, 1.165) is 32.6 Å². The summed E-state index contributed by atoms with van der Waals surface area (Å²) in [5.41, 5.74) is 0. The largest absolute Gasteiger partial charge is 0.484 e. The van der Waals surface area contributed by atoms with Crippen LogP contribution in [-0.4, -0.2) is 60.5 Å². The summed E-state index contributed by atoms with van der Waals surface area (Å²) < 4.78 is 28.9. The second-order valence-corrected chi connectivity index (χ2v) is 5.41. The molecule has 2 unspecified atom stereocenters. The maximum Gasteiger partial charge on any atom is 0.272 e. The number of carbonyl (C=O) groups excluding carboxylic acids is 1. The highest BCUT2D eigenvalue weighted by molar-refractivity contribution is 5.48. The SMILES string of the molecule is O=CN1CC2CN(c3ncc(OCC(F)F)cn3)CC2C1. The Hall–Kier alpha value is -1.99. The molecule has 0 aliphatic carbocycles. The molecule has 3 heterocycles. The number of aromatic nitrogens is 2. The van der Waals surface area contributed by atoms with E-state index in [1.807, 2.05) is 0 Å². The molecule has 6 nitrogen and oxygen atoms in total. The van der Waals surface area contributed by atoms with Crippen molar-refractivity contribution in [2.45, 2.75) is 6.43 Å². The maximum absolute atomic E-state index is 12.0. The molecule has 0 aromatic carbocycles. The first-order valence-corrected chi connectivity index (χ1v) is 6.83. The molecule has 2 fully saturated rings. The number of rotatable bonds is 5. The molecule has 1 amide bonds. The van der Waals surface area contributed by atoms with Gasteiger partial charge in [0.25, 0.3) is 6.43 Å². The van der Waals surface area contributed by atoms with Crippen LogP contribution in [0.4, 0.5) is 14.7 Å². The van der Waals surface area contributed by atoms with E-state index in [-0.39, 0.29) is 5.75 Å². The Kier molecular flexibility index (Phi) is 3.85. The van der Waals surface area contributed by atoms with Crippen molar-refractivity contribution in [2.75, 3.05) is 37.7 Å². The molecule has 1 aromatic heterocycles. The van der Waals surface area contributed by atoms with Gasteiger partial charge in [-0.15, -0.1) is 0 Å². The van der Waals surface area contributed by atoms with Crippen molar-refractivity contribution in [1.82, 2.24) is 14.9 Å². The summed E-state index contributed by atoms with van der Waals surface area (Å²) in [6, 6.07) is 0. The lowest BCUT2D eigenvalue weighted by Crippen LogP contribution is -2.29. The summed E-state index contributed by atoms with van der Waals surface area (Å²) in [4.78, 5) is 23.0. The Bertz CT molecular complexity index is 485. The van der Waals surface area contributed by atoms with Gasteiger partial charge in [-0.3, -0.25) is 4.79 Å². The van der Waals surface area contributed by atoms with Crippen molar-refractivity contribution < 1.29 is 18.3 Å². The first kappa shape index (κ1) is 14.0. The van der Waals surface area contributed by atoms with Crippen molar-refractivity contribution in [3.63, 3.8) is 0 Å².